The SMILES string of the molecule is CC(C)N1C(=O)CCC1C(=O)N1CCCCC1. The summed E-state index contributed by atoms with van der Waals surface area (Å²) in [5, 5.41) is 0. The fourth-order valence-corrected chi connectivity index (χ4v) is 2.92. The number of hydrogen-bond acceptors (Lipinski definition) is 2. The van der Waals surface area contributed by atoms with Crippen LogP contribution in [0.5, 0.6) is 0 Å². The van der Waals surface area contributed by atoms with E-state index in [4.69, 9.17) is 0 Å². The molecule has 0 aromatic heterocycles. The molecule has 0 aromatic carbocycles. The highest BCUT2D eigenvalue weighted by Gasteiger charge is 2.39. The molecule has 2 rings (SSSR count). The molecule has 2 aliphatic rings. The highest BCUT2D eigenvalue weighted by molar-refractivity contribution is 5.91. The molecule has 1 unspecified atom stereocenters. The summed E-state index contributed by atoms with van der Waals surface area (Å²) in [5.74, 6) is 0.305. The van der Waals surface area contributed by atoms with Crippen LogP contribution in [0.4, 0.5) is 0 Å². The van der Waals surface area contributed by atoms with Crippen LogP contribution in [0.3, 0.4) is 0 Å². The van der Waals surface area contributed by atoms with Gasteiger partial charge in [0, 0.05) is 25.6 Å². The average molecular weight is 238 g/mol. The predicted molar refractivity (Wildman–Crippen MR) is 65.4 cm³/mol. The Morgan fingerprint density at radius 2 is 1.88 bits per heavy atom. The maximum absolute atomic E-state index is 12.4. The van der Waals surface area contributed by atoms with E-state index in [9.17, 15) is 9.59 Å². The van der Waals surface area contributed by atoms with E-state index in [1.165, 1.54) is 6.42 Å². The van der Waals surface area contributed by atoms with E-state index >= 15 is 0 Å². The Hall–Kier alpha value is -1.06. The Balaban J connectivity index is 2.05. The molecule has 0 N–H and O–H groups in total. The third-order valence-electron chi connectivity index (χ3n) is 3.76. The number of amides is 2. The first kappa shape index (κ1) is 12.4. The summed E-state index contributed by atoms with van der Waals surface area (Å²) >= 11 is 0. The third-order valence-corrected chi connectivity index (χ3v) is 3.76. The van der Waals surface area contributed by atoms with E-state index in [1.54, 1.807) is 4.90 Å². The quantitative estimate of drug-likeness (QED) is 0.729. The first-order valence-electron chi connectivity index (χ1n) is 6.71. The molecule has 2 heterocycles. The van der Waals surface area contributed by atoms with Crippen LogP contribution in [0, 0.1) is 0 Å². The molecule has 2 saturated heterocycles. The number of carbonyl (C=O) groups is 2. The monoisotopic (exact) mass is 238 g/mol. The van der Waals surface area contributed by atoms with Gasteiger partial charge in [0.05, 0.1) is 0 Å². The average Bonchev–Trinajstić information content (AvgIpc) is 2.71. The van der Waals surface area contributed by atoms with Crippen molar-refractivity contribution in [3.8, 4) is 0 Å². The third kappa shape index (κ3) is 2.45. The molecule has 1 atom stereocenters. The van der Waals surface area contributed by atoms with Crippen molar-refractivity contribution in [1.29, 1.82) is 0 Å². The summed E-state index contributed by atoms with van der Waals surface area (Å²) in [6, 6.07) is -0.0654. The molecule has 0 saturated carbocycles. The zero-order valence-corrected chi connectivity index (χ0v) is 10.8. The second-order valence-electron chi connectivity index (χ2n) is 5.34. The lowest BCUT2D eigenvalue weighted by atomic mass is 10.1. The molecule has 0 spiro atoms. The van der Waals surface area contributed by atoms with Gasteiger partial charge in [-0.15, -0.1) is 0 Å². The summed E-state index contributed by atoms with van der Waals surface area (Å²) in [6.07, 6.45) is 4.66. The second kappa shape index (κ2) is 5.07. The Labute approximate surface area is 103 Å². The van der Waals surface area contributed by atoms with Crippen molar-refractivity contribution in [2.45, 2.75) is 58.0 Å². The van der Waals surface area contributed by atoms with Crippen LogP contribution in [-0.4, -0.2) is 46.8 Å². The lowest BCUT2D eigenvalue weighted by molar-refractivity contribution is -0.143. The maximum atomic E-state index is 12.4. The normalized spacial score (nSPS) is 25.8. The first-order chi connectivity index (χ1) is 8.11. The maximum Gasteiger partial charge on any atom is 0.245 e. The van der Waals surface area contributed by atoms with Crippen LogP contribution >= 0.6 is 0 Å². The number of piperidine rings is 1. The lowest BCUT2D eigenvalue weighted by Crippen LogP contribution is -2.50. The number of carbonyl (C=O) groups excluding carboxylic acids is 2. The van der Waals surface area contributed by atoms with Gasteiger partial charge < -0.3 is 9.80 Å². The second-order valence-corrected chi connectivity index (χ2v) is 5.34. The van der Waals surface area contributed by atoms with E-state index in [2.05, 4.69) is 0 Å². The first-order valence-corrected chi connectivity index (χ1v) is 6.71. The van der Waals surface area contributed by atoms with Gasteiger partial charge in [-0.1, -0.05) is 0 Å². The largest absolute Gasteiger partial charge is 0.341 e. The standard InChI is InChI=1S/C13H22N2O2/c1-10(2)15-11(6-7-12(15)16)13(17)14-8-4-3-5-9-14/h10-11H,3-9H2,1-2H3. The van der Waals surface area contributed by atoms with E-state index in [0.29, 0.717) is 12.8 Å². The van der Waals surface area contributed by atoms with E-state index in [-0.39, 0.29) is 23.9 Å². The lowest BCUT2D eigenvalue weighted by Gasteiger charge is -2.34. The molecule has 0 aromatic rings. The Kier molecular flexibility index (Phi) is 3.69. The topological polar surface area (TPSA) is 40.6 Å². The number of hydrogen-bond donors (Lipinski definition) is 0. The van der Waals surface area contributed by atoms with Crippen LogP contribution in [0.1, 0.15) is 46.0 Å². The van der Waals surface area contributed by atoms with Crippen molar-refractivity contribution < 1.29 is 9.59 Å². The molecule has 4 nitrogen and oxygen atoms in total. The highest BCUT2D eigenvalue weighted by atomic mass is 16.2. The zero-order chi connectivity index (χ0) is 12.4. The summed E-state index contributed by atoms with van der Waals surface area (Å²) in [5.41, 5.74) is 0. The van der Waals surface area contributed by atoms with Crippen LogP contribution in [0.15, 0.2) is 0 Å². The molecule has 2 amide bonds. The summed E-state index contributed by atoms with van der Waals surface area (Å²) in [7, 11) is 0. The molecule has 17 heavy (non-hydrogen) atoms. The van der Waals surface area contributed by atoms with Gasteiger partial charge >= 0.3 is 0 Å². The fourth-order valence-electron chi connectivity index (χ4n) is 2.92. The van der Waals surface area contributed by atoms with E-state index in [0.717, 1.165) is 25.9 Å². The molecular weight excluding hydrogens is 216 g/mol. The van der Waals surface area contributed by atoms with Crippen LogP contribution < -0.4 is 0 Å². The van der Waals surface area contributed by atoms with Gasteiger partial charge in [0.15, 0.2) is 0 Å². The molecule has 2 aliphatic heterocycles. The molecule has 96 valence electrons. The minimum atomic E-state index is -0.194. The van der Waals surface area contributed by atoms with Crippen molar-refractivity contribution in [1.82, 2.24) is 9.80 Å². The van der Waals surface area contributed by atoms with Crippen LogP contribution in [0.25, 0.3) is 0 Å². The summed E-state index contributed by atoms with van der Waals surface area (Å²) in [6.45, 7) is 5.71. The minimum Gasteiger partial charge on any atom is -0.341 e. The molecule has 4 heteroatoms. The molecule has 2 fully saturated rings. The summed E-state index contributed by atoms with van der Waals surface area (Å²) in [4.78, 5) is 27.9. The molecular formula is C13H22N2O2. The number of nitrogens with zero attached hydrogens (tertiary/aromatic N) is 2. The van der Waals surface area contributed by atoms with Crippen molar-refractivity contribution in [3.63, 3.8) is 0 Å². The van der Waals surface area contributed by atoms with Crippen molar-refractivity contribution in [2.75, 3.05) is 13.1 Å². The van der Waals surface area contributed by atoms with Gasteiger partial charge in [-0.2, -0.15) is 0 Å². The van der Waals surface area contributed by atoms with Crippen molar-refractivity contribution >= 4 is 11.8 Å². The van der Waals surface area contributed by atoms with Gasteiger partial charge in [0.25, 0.3) is 0 Å². The minimum absolute atomic E-state index is 0.128. The Bertz CT molecular complexity index is 309. The fraction of sp³-hybridized carbons (Fsp3) is 0.846. The van der Waals surface area contributed by atoms with E-state index in [1.807, 2.05) is 18.7 Å². The van der Waals surface area contributed by atoms with Crippen molar-refractivity contribution in [2.24, 2.45) is 0 Å². The van der Waals surface area contributed by atoms with Gasteiger partial charge in [0.1, 0.15) is 6.04 Å². The summed E-state index contributed by atoms with van der Waals surface area (Å²) < 4.78 is 0. The van der Waals surface area contributed by atoms with Gasteiger partial charge in [-0.25, -0.2) is 0 Å². The molecule has 0 aliphatic carbocycles. The van der Waals surface area contributed by atoms with Gasteiger partial charge in [-0.3, -0.25) is 9.59 Å². The van der Waals surface area contributed by atoms with E-state index < -0.39 is 0 Å². The highest BCUT2D eigenvalue weighted by Crippen LogP contribution is 2.24. The predicted octanol–water partition coefficient (Wildman–Crippen LogP) is 1.40. The Morgan fingerprint density at radius 3 is 2.47 bits per heavy atom. The molecule has 0 radical (unpaired) electrons. The van der Waals surface area contributed by atoms with Crippen molar-refractivity contribution in [3.05, 3.63) is 0 Å². The number of rotatable bonds is 2. The Morgan fingerprint density at radius 1 is 1.24 bits per heavy atom. The van der Waals surface area contributed by atoms with Crippen LogP contribution in [-0.2, 0) is 9.59 Å². The molecule has 0 bridgehead atoms. The zero-order valence-electron chi connectivity index (χ0n) is 10.8. The smallest absolute Gasteiger partial charge is 0.245 e. The van der Waals surface area contributed by atoms with Gasteiger partial charge in [0.2, 0.25) is 11.8 Å². The van der Waals surface area contributed by atoms with Gasteiger partial charge in [-0.05, 0) is 39.5 Å². The number of likely N-dealkylation sites (tertiary alicyclic amines) is 2. The van der Waals surface area contributed by atoms with Crippen LogP contribution in [0.2, 0.25) is 0 Å².